The second kappa shape index (κ2) is 5.66. The van der Waals surface area contributed by atoms with E-state index in [1.807, 2.05) is 0 Å². The van der Waals surface area contributed by atoms with Crippen LogP contribution in [0.1, 0.15) is 0 Å². The third kappa shape index (κ3) is 3.54. The molecule has 0 heterocycles. The fourth-order valence-electron chi connectivity index (χ4n) is 0.896. The molecule has 1 unspecified atom stereocenters. The van der Waals surface area contributed by atoms with E-state index in [9.17, 15) is 5.11 Å². The largest absolute Gasteiger partial charge is 0.390 e. The molecule has 0 aliphatic heterocycles. The van der Waals surface area contributed by atoms with Gasteiger partial charge in [-0.05, 0) is 18.2 Å². The van der Waals surface area contributed by atoms with Crippen LogP contribution in [0.25, 0.3) is 0 Å². The van der Waals surface area contributed by atoms with E-state index in [1.54, 1.807) is 18.2 Å². The molecule has 1 rings (SSSR count). The molecule has 2 nitrogen and oxygen atoms in total. The number of hydrogen-bond donors (Lipinski definition) is 2. The van der Waals surface area contributed by atoms with Gasteiger partial charge in [-0.2, -0.15) is 0 Å². The predicted octanol–water partition coefficient (Wildman–Crippen LogP) is 3.01. The number of alkyl halides is 1. The van der Waals surface area contributed by atoms with E-state index in [4.69, 9.17) is 34.8 Å². The SMILES string of the molecule is OC(CCl)CNc1ccc(Cl)c(Cl)c1. The Hall–Kier alpha value is -0.150. The van der Waals surface area contributed by atoms with Gasteiger partial charge in [0.05, 0.1) is 22.0 Å². The molecule has 0 aromatic heterocycles. The molecule has 1 aromatic rings. The summed E-state index contributed by atoms with van der Waals surface area (Å²) in [5.74, 6) is 0.203. The third-order valence-corrected chi connectivity index (χ3v) is 2.73. The lowest BCUT2D eigenvalue weighted by Gasteiger charge is -2.10. The second-order valence-corrected chi connectivity index (χ2v) is 3.94. The first-order valence-corrected chi connectivity index (χ1v) is 5.35. The number of hydrogen-bond acceptors (Lipinski definition) is 2. The molecule has 5 heteroatoms. The van der Waals surface area contributed by atoms with Crippen LogP contribution in [0.5, 0.6) is 0 Å². The first kappa shape index (κ1) is 11.9. The van der Waals surface area contributed by atoms with Gasteiger partial charge in [-0.3, -0.25) is 0 Å². The summed E-state index contributed by atoms with van der Waals surface area (Å²) < 4.78 is 0. The lowest BCUT2D eigenvalue weighted by atomic mass is 10.3. The van der Waals surface area contributed by atoms with E-state index >= 15 is 0 Å². The minimum absolute atomic E-state index is 0.203. The highest BCUT2D eigenvalue weighted by atomic mass is 35.5. The van der Waals surface area contributed by atoms with Crippen LogP contribution >= 0.6 is 34.8 Å². The first-order chi connectivity index (χ1) is 6.63. The summed E-state index contributed by atoms with van der Waals surface area (Å²) in [5.41, 5.74) is 0.809. The van der Waals surface area contributed by atoms with Gasteiger partial charge in [-0.15, -0.1) is 11.6 Å². The fourth-order valence-corrected chi connectivity index (χ4v) is 1.30. The molecule has 0 aliphatic rings. The van der Waals surface area contributed by atoms with Crippen molar-refractivity contribution in [2.45, 2.75) is 6.10 Å². The van der Waals surface area contributed by atoms with E-state index in [1.165, 1.54) is 0 Å². The van der Waals surface area contributed by atoms with Gasteiger partial charge in [-0.1, -0.05) is 23.2 Å². The fraction of sp³-hybridized carbons (Fsp3) is 0.333. The van der Waals surface area contributed by atoms with Crippen molar-refractivity contribution in [1.82, 2.24) is 0 Å². The van der Waals surface area contributed by atoms with Gasteiger partial charge in [-0.25, -0.2) is 0 Å². The summed E-state index contributed by atoms with van der Waals surface area (Å²) >= 11 is 17.0. The highest BCUT2D eigenvalue weighted by Crippen LogP contribution is 2.24. The maximum absolute atomic E-state index is 9.19. The zero-order valence-corrected chi connectivity index (χ0v) is 9.57. The Labute approximate surface area is 97.8 Å². The Morgan fingerprint density at radius 1 is 1.29 bits per heavy atom. The molecule has 78 valence electrons. The predicted molar refractivity (Wildman–Crippen MR) is 61.7 cm³/mol. The van der Waals surface area contributed by atoms with Gasteiger partial charge < -0.3 is 10.4 Å². The topological polar surface area (TPSA) is 32.3 Å². The van der Waals surface area contributed by atoms with E-state index in [2.05, 4.69) is 5.32 Å². The van der Waals surface area contributed by atoms with Crippen molar-refractivity contribution < 1.29 is 5.11 Å². The molecule has 1 aromatic carbocycles. The maximum Gasteiger partial charge on any atom is 0.0847 e. The molecular formula is C9H10Cl3NO. The molecule has 0 radical (unpaired) electrons. The van der Waals surface area contributed by atoms with Crippen molar-refractivity contribution >= 4 is 40.5 Å². The quantitative estimate of drug-likeness (QED) is 0.810. The lowest BCUT2D eigenvalue weighted by molar-refractivity contribution is 0.211. The van der Waals surface area contributed by atoms with Gasteiger partial charge in [0, 0.05) is 12.2 Å². The van der Waals surface area contributed by atoms with E-state index in [0.717, 1.165) is 5.69 Å². The van der Waals surface area contributed by atoms with Crippen LogP contribution in [-0.4, -0.2) is 23.6 Å². The van der Waals surface area contributed by atoms with Crippen molar-refractivity contribution in [1.29, 1.82) is 0 Å². The Morgan fingerprint density at radius 2 is 2.00 bits per heavy atom. The Bertz CT molecular complexity index is 306. The molecule has 1 atom stereocenters. The number of benzene rings is 1. The van der Waals surface area contributed by atoms with Gasteiger partial charge in [0.15, 0.2) is 0 Å². The molecule has 14 heavy (non-hydrogen) atoms. The maximum atomic E-state index is 9.19. The molecule has 0 fully saturated rings. The highest BCUT2D eigenvalue weighted by Gasteiger charge is 2.02. The van der Waals surface area contributed by atoms with Crippen molar-refractivity contribution in [3.05, 3.63) is 28.2 Å². The standard InChI is InChI=1S/C9H10Cl3NO/c10-4-7(14)5-13-6-1-2-8(11)9(12)3-6/h1-3,7,13-14H,4-5H2. The summed E-state index contributed by atoms with van der Waals surface area (Å²) in [6, 6.07) is 5.18. The van der Waals surface area contributed by atoms with Crippen molar-refractivity contribution in [3.63, 3.8) is 0 Å². The minimum atomic E-state index is -0.564. The number of aliphatic hydroxyl groups is 1. The normalized spacial score (nSPS) is 12.6. The Morgan fingerprint density at radius 3 is 2.57 bits per heavy atom. The molecule has 0 bridgehead atoms. The van der Waals surface area contributed by atoms with Crippen molar-refractivity contribution in [2.24, 2.45) is 0 Å². The van der Waals surface area contributed by atoms with Crippen LogP contribution in [0.15, 0.2) is 18.2 Å². The summed E-state index contributed by atoms with van der Waals surface area (Å²) in [6.45, 7) is 0.390. The summed E-state index contributed by atoms with van der Waals surface area (Å²) in [6.07, 6.45) is -0.564. The van der Waals surface area contributed by atoms with E-state index in [0.29, 0.717) is 16.6 Å². The average Bonchev–Trinajstić information content (AvgIpc) is 2.19. The van der Waals surface area contributed by atoms with Crippen molar-refractivity contribution in [2.75, 3.05) is 17.7 Å². The summed E-state index contributed by atoms with van der Waals surface area (Å²) in [7, 11) is 0. The van der Waals surface area contributed by atoms with E-state index < -0.39 is 6.10 Å². The lowest BCUT2D eigenvalue weighted by Crippen LogP contribution is -2.20. The van der Waals surface area contributed by atoms with Crippen LogP contribution < -0.4 is 5.32 Å². The third-order valence-electron chi connectivity index (χ3n) is 1.64. The Kier molecular flexibility index (Phi) is 4.82. The smallest absolute Gasteiger partial charge is 0.0847 e. The van der Waals surface area contributed by atoms with Crippen LogP contribution in [0.2, 0.25) is 10.0 Å². The zero-order valence-electron chi connectivity index (χ0n) is 7.30. The number of aliphatic hydroxyl groups excluding tert-OH is 1. The number of halogens is 3. The second-order valence-electron chi connectivity index (χ2n) is 2.82. The van der Waals surface area contributed by atoms with Gasteiger partial charge in [0.1, 0.15) is 0 Å². The van der Waals surface area contributed by atoms with Gasteiger partial charge in [0.25, 0.3) is 0 Å². The number of rotatable bonds is 4. The molecule has 0 aliphatic carbocycles. The van der Waals surface area contributed by atoms with Gasteiger partial charge in [0.2, 0.25) is 0 Å². The summed E-state index contributed by atoms with van der Waals surface area (Å²) in [5, 5.41) is 13.2. The molecular weight excluding hydrogens is 244 g/mol. The van der Waals surface area contributed by atoms with Crippen LogP contribution in [0.4, 0.5) is 5.69 Å². The van der Waals surface area contributed by atoms with E-state index in [-0.39, 0.29) is 5.88 Å². The molecule has 0 amide bonds. The van der Waals surface area contributed by atoms with Crippen LogP contribution in [0, 0.1) is 0 Å². The monoisotopic (exact) mass is 253 g/mol. The average molecular weight is 255 g/mol. The Balaban J connectivity index is 2.55. The molecule has 0 saturated carbocycles. The molecule has 0 spiro atoms. The van der Waals surface area contributed by atoms with Gasteiger partial charge >= 0.3 is 0 Å². The zero-order chi connectivity index (χ0) is 10.6. The number of anilines is 1. The minimum Gasteiger partial charge on any atom is -0.390 e. The number of nitrogens with one attached hydrogen (secondary N) is 1. The molecule has 0 saturated heterocycles. The molecule has 2 N–H and O–H groups in total. The highest BCUT2D eigenvalue weighted by molar-refractivity contribution is 6.42. The van der Waals surface area contributed by atoms with Crippen LogP contribution in [0.3, 0.4) is 0 Å². The first-order valence-electron chi connectivity index (χ1n) is 4.06. The van der Waals surface area contributed by atoms with Crippen molar-refractivity contribution in [3.8, 4) is 0 Å². The summed E-state index contributed by atoms with van der Waals surface area (Å²) in [4.78, 5) is 0. The van der Waals surface area contributed by atoms with Crippen LogP contribution in [-0.2, 0) is 0 Å².